The van der Waals surface area contributed by atoms with E-state index < -0.39 is 0 Å². The Morgan fingerprint density at radius 2 is 1.96 bits per heavy atom. The number of thiophene rings is 1. The van der Waals surface area contributed by atoms with Crippen LogP contribution in [0.25, 0.3) is 10.1 Å². The van der Waals surface area contributed by atoms with Crippen molar-refractivity contribution in [2.24, 2.45) is 0 Å². The van der Waals surface area contributed by atoms with E-state index in [1.54, 1.807) is 17.4 Å². The van der Waals surface area contributed by atoms with Gasteiger partial charge in [0.2, 0.25) is 5.91 Å². The zero-order valence-electron chi connectivity index (χ0n) is 14.0. The molecule has 0 aliphatic rings. The lowest BCUT2D eigenvalue weighted by atomic mass is 10.1. The number of hydrogen-bond acceptors (Lipinski definition) is 4. The van der Waals surface area contributed by atoms with E-state index in [0.29, 0.717) is 12.8 Å². The molecule has 0 radical (unpaired) electrons. The summed E-state index contributed by atoms with van der Waals surface area (Å²) >= 11 is 1.73. The van der Waals surface area contributed by atoms with Crippen molar-refractivity contribution in [1.82, 2.24) is 5.32 Å². The molecular formula is C20H21NO3S. The van der Waals surface area contributed by atoms with Crippen molar-refractivity contribution >= 4 is 27.3 Å². The van der Waals surface area contributed by atoms with E-state index in [0.717, 1.165) is 12.0 Å². The Balaban J connectivity index is 1.52. The van der Waals surface area contributed by atoms with Gasteiger partial charge in [0.25, 0.3) is 0 Å². The molecule has 1 amide bonds. The monoisotopic (exact) mass is 355 g/mol. The highest BCUT2D eigenvalue weighted by Crippen LogP contribution is 2.27. The summed E-state index contributed by atoms with van der Waals surface area (Å²) in [4.78, 5) is 12.2. The standard InChI is InChI=1S/C20H21NO3S/c1-13(10-15-12-25-19-5-3-2-4-16(15)19)21-20(24)9-7-14-6-8-17(22)18(23)11-14/h2-6,8,11-13,22-23H,7,9-10H2,1H3,(H,21,24)/t13-/m1/s1. The van der Waals surface area contributed by atoms with Crippen LogP contribution >= 0.6 is 11.3 Å². The molecule has 0 unspecified atom stereocenters. The molecule has 130 valence electrons. The molecule has 1 heterocycles. The van der Waals surface area contributed by atoms with Gasteiger partial charge < -0.3 is 15.5 Å². The number of aryl methyl sites for hydroxylation is 1. The van der Waals surface area contributed by atoms with Crippen molar-refractivity contribution in [2.45, 2.75) is 32.2 Å². The fraction of sp³-hybridized carbons (Fsp3) is 0.250. The fourth-order valence-electron chi connectivity index (χ4n) is 2.90. The van der Waals surface area contributed by atoms with Crippen LogP contribution in [0.5, 0.6) is 11.5 Å². The molecule has 0 saturated heterocycles. The molecule has 1 atom stereocenters. The lowest BCUT2D eigenvalue weighted by Crippen LogP contribution is -2.34. The van der Waals surface area contributed by atoms with Crippen LogP contribution in [-0.4, -0.2) is 22.2 Å². The van der Waals surface area contributed by atoms with Crippen molar-refractivity contribution in [3.63, 3.8) is 0 Å². The van der Waals surface area contributed by atoms with Crippen molar-refractivity contribution in [2.75, 3.05) is 0 Å². The molecule has 0 spiro atoms. The summed E-state index contributed by atoms with van der Waals surface area (Å²) in [5.41, 5.74) is 2.08. The largest absolute Gasteiger partial charge is 0.504 e. The van der Waals surface area contributed by atoms with Gasteiger partial charge >= 0.3 is 0 Å². The van der Waals surface area contributed by atoms with Gasteiger partial charge in [0.15, 0.2) is 11.5 Å². The van der Waals surface area contributed by atoms with Gasteiger partial charge in [0, 0.05) is 17.2 Å². The summed E-state index contributed by atoms with van der Waals surface area (Å²) in [6, 6.07) is 13.0. The van der Waals surface area contributed by atoms with Crippen LogP contribution in [0, 0.1) is 0 Å². The molecule has 25 heavy (non-hydrogen) atoms. The Hall–Kier alpha value is -2.53. The van der Waals surface area contributed by atoms with E-state index in [4.69, 9.17) is 0 Å². The Kier molecular flexibility index (Phi) is 5.24. The second-order valence-electron chi connectivity index (χ2n) is 6.25. The minimum Gasteiger partial charge on any atom is -0.504 e. The molecule has 0 aliphatic heterocycles. The first-order chi connectivity index (χ1) is 12.0. The first-order valence-corrected chi connectivity index (χ1v) is 9.16. The van der Waals surface area contributed by atoms with Gasteiger partial charge in [-0.15, -0.1) is 11.3 Å². The van der Waals surface area contributed by atoms with Gasteiger partial charge in [0.1, 0.15) is 0 Å². The van der Waals surface area contributed by atoms with Crippen LogP contribution in [-0.2, 0) is 17.6 Å². The third-order valence-corrected chi connectivity index (χ3v) is 5.19. The number of aromatic hydroxyl groups is 2. The van der Waals surface area contributed by atoms with Crippen LogP contribution in [0.4, 0.5) is 0 Å². The Morgan fingerprint density at radius 1 is 1.16 bits per heavy atom. The topological polar surface area (TPSA) is 69.6 Å². The summed E-state index contributed by atoms with van der Waals surface area (Å²) < 4.78 is 1.27. The lowest BCUT2D eigenvalue weighted by Gasteiger charge is -2.14. The predicted molar refractivity (Wildman–Crippen MR) is 101 cm³/mol. The van der Waals surface area contributed by atoms with Gasteiger partial charge in [-0.3, -0.25) is 4.79 Å². The molecule has 2 aromatic carbocycles. The quantitative estimate of drug-likeness (QED) is 0.586. The van der Waals surface area contributed by atoms with Crippen LogP contribution in [0.1, 0.15) is 24.5 Å². The second kappa shape index (κ2) is 7.57. The molecular weight excluding hydrogens is 334 g/mol. The molecule has 0 saturated carbocycles. The first kappa shape index (κ1) is 17.3. The minimum absolute atomic E-state index is 0.0143. The number of amides is 1. The van der Waals surface area contributed by atoms with Crippen LogP contribution in [0.3, 0.4) is 0 Å². The van der Waals surface area contributed by atoms with Gasteiger partial charge in [-0.1, -0.05) is 24.3 Å². The number of carbonyl (C=O) groups excluding carboxylic acids is 1. The normalized spacial score (nSPS) is 12.2. The van der Waals surface area contributed by atoms with E-state index in [1.165, 1.54) is 27.8 Å². The molecule has 3 rings (SSSR count). The number of phenolic OH excluding ortho intramolecular Hbond substituents is 2. The average molecular weight is 355 g/mol. The van der Waals surface area contributed by atoms with Gasteiger partial charge in [-0.25, -0.2) is 0 Å². The summed E-state index contributed by atoms with van der Waals surface area (Å²) in [5, 5.41) is 25.3. The molecule has 4 nitrogen and oxygen atoms in total. The maximum atomic E-state index is 12.2. The highest BCUT2D eigenvalue weighted by Gasteiger charge is 2.12. The number of fused-ring (bicyclic) bond motifs is 1. The molecule has 0 fully saturated rings. The Bertz CT molecular complexity index is 888. The van der Waals surface area contributed by atoms with E-state index in [2.05, 4.69) is 22.8 Å². The number of carbonyl (C=O) groups is 1. The second-order valence-corrected chi connectivity index (χ2v) is 7.16. The zero-order valence-corrected chi connectivity index (χ0v) is 14.8. The number of nitrogens with one attached hydrogen (secondary N) is 1. The summed E-state index contributed by atoms with van der Waals surface area (Å²) in [6.07, 6.45) is 1.67. The summed E-state index contributed by atoms with van der Waals surface area (Å²) in [6.45, 7) is 2.01. The first-order valence-electron chi connectivity index (χ1n) is 8.28. The Labute approximate surface area is 150 Å². The van der Waals surface area contributed by atoms with E-state index in [-0.39, 0.29) is 23.4 Å². The molecule has 1 aromatic heterocycles. The molecule has 0 bridgehead atoms. The molecule has 3 N–H and O–H groups in total. The third-order valence-electron chi connectivity index (χ3n) is 4.18. The van der Waals surface area contributed by atoms with E-state index in [9.17, 15) is 15.0 Å². The van der Waals surface area contributed by atoms with Crippen molar-refractivity contribution < 1.29 is 15.0 Å². The predicted octanol–water partition coefficient (Wildman–Crippen LogP) is 3.99. The van der Waals surface area contributed by atoms with Crippen LogP contribution in [0.15, 0.2) is 47.8 Å². The molecule has 0 aliphatic carbocycles. The highest BCUT2D eigenvalue weighted by atomic mass is 32.1. The number of benzene rings is 2. The zero-order chi connectivity index (χ0) is 17.8. The third kappa shape index (κ3) is 4.31. The summed E-state index contributed by atoms with van der Waals surface area (Å²) in [5.74, 6) is -0.319. The number of phenols is 2. The minimum atomic E-state index is -0.157. The average Bonchev–Trinajstić information content (AvgIpc) is 2.99. The van der Waals surface area contributed by atoms with Crippen molar-refractivity contribution in [3.05, 3.63) is 59.0 Å². The molecule has 5 heteroatoms. The highest BCUT2D eigenvalue weighted by molar-refractivity contribution is 7.17. The number of hydrogen-bond donors (Lipinski definition) is 3. The lowest BCUT2D eigenvalue weighted by molar-refractivity contribution is -0.121. The summed E-state index contributed by atoms with van der Waals surface area (Å²) in [7, 11) is 0. The maximum Gasteiger partial charge on any atom is 0.220 e. The van der Waals surface area contributed by atoms with Gasteiger partial charge in [-0.05, 0) is 59.9 Å². The maximum absolute atomic E-state index is 12.2. The van der Waals surface area contributed by atoms with Crippen molar-refractivity contribution in [1.29, 1.82) is 0 Å². The SMILES string of the molecule is C[C@H](Cc1csc2ccccc12)NC(=O)CCc1ccc(O)c(O)c1. The van der Waals surface area contributed by atoms with Crippen LogP contribution < -0.4 is 5.32 Å². The van der Waals surface area contributed by atoms with Gasteiger partial charge in [-0.2, -0.15) is 0 Å². The van der Waals surface area contributed by atoms with Gasteiger partial charge in [0.05, 0.1) is 0 Å². The van der Waals surface area contributed by atoms with E-state index in [1.807, 2.05) is 19.1 Å². The molecule has 3 aromatic rings. The smallest absolute Gasteiger partial charge is 0.220 e. The number of rotatable bonds is 6. The van der Waals surface area contributed by atoms with E-state index >= 15 is 0 Å². The van der Waals surface area contributed by atoms with Crippen LogP contribution in [0.2, 0.25) is 0 Å². The fourth-order valence-corrected chi connectivity index (χ4v) is 3.88. The Morgan fingerprint density at radius 3 is 2.76 bits per heavy atom. The van der Waals surface area contributed by atoms with Crippen molar-refractivity contribution in [3.8, 4) is 11.5 Å².